The maximum Gasteiger partial charge on any atom is 0.233 e. The van der Waals surface area contributed by atoms with E-state index in [-0.39, 0.29) is 66.4 Å². The summed E-state index contributed by atoms with van der Waals surface area (Å²) in [7, 11) is 0. The monoisotopic (exact) mass is 1050 g/mol. The normalized spacial score (nSPS) is 11.3. The predicted molar refractivity (Wildman–Crippen MR) is 264 cm³/mol. The molecule has 26 heteroatoms. The fraction of sp³-hybridized carbons (Fsp3) is 0.684. The minimum atomic E-state index is -0.0514. The van der Waals surface area contributed by atoms with Crippen molar-refractivity contribution in [2.75, 3.05) is 46.0 Å². The molecule has 0 bridgehead atoms. The SMILES string of the molecule is CC(C)N(CN(c1nc(Cl)nc(N(CN(c2nc(Cl)nc(Cl)n2)C(C)C)C(C)C)n1)C(C)C)c1nc(Cl)nc(Cl)n1.CC(C)NCCCCCCNC(C)C.Clc1nc(Cl)nc(Cl)n1. The minimum absolute atomic E-state index is 0.000000000000000444. The molecule has 0 unspecified atom stereocenters. The lowest BCUT2D eigenvalue weighted by Crippen LogP contribution is -2.48. The highest BCUT2D eigenvalue weighted by Crippen LogP contribution is 2.25. The van der Waals surface area contributed by atoms with Crippen LogP contribution in [0, 0.1) is 0 Å². The van der Waals surface area contributed by atoms with Crippen LogP contribution in [-0.2, 0) is 0 Å². The Morgan fingerprint density at radius 1 is 0.312 bits per heavy atom. The standard InChI is InChI=1S/C23H32Cl5N13.C12H28N2.C3Cl3N3/c1-11(2)38(20-31-15(24)29-16(25)32-20)9-40(13(5)6)22-35-19(28)36-23(37-22)41(14(7)8)10-39(12(3)4)21-33-17(26)30-18(27)34-21;1-11(2)13-9-7-5-6-8-10-14-12(3)4;4-1-7-2(5)9-3(6)8-1/h11-14H,9-10H2,1-8H3;11-14H,5-10H2,1-4H3;. The van der Waals surface area contributed by atoms with E-state index in [9.17, 15) is 0 Å². The zero-order valence-electron chi connectivity index (χ0n) is 38.3. The third-order valence-electron chi connectivity index (χ3n) is 8.62. The quantitative estimate of drug-likeness (QED) is 0.0591. The second-order valence-electron chi connectivity index (χ2n) is 15.9. The number of anilines is 4. The van der Waals surface area contributed by atoms with E-state index in [1.54, 1.807) is 0 Å². The summed E-state index contributed by atoms with van der Waals surface area (Å²) in [5.41, 5.74) is 0. The molecule has 0 radical (unpaired) electrons. The maximum absolute atomic E-state index is 6.48. The van der Waals surface area contributed by atoms with Gasteiger partial charge < -0.3 is 30.2 Å². The van der Waals surface area contributed by atoms with Crippen molar-refractivity contribution in [2.24, 2.45) is 0 Å². The summed E-state index contributed by atoms with van der Waals surface area (Å²) in [5.74, 6) is 1.36. The van der Waals surface area contributed by atoms with Gasteiger partial charge in [0.05, 0.1) is 13.3 Å². The molecule has 64 heavy (non-hydrogen) atoms. The molecule has 358 valence electrons. The Balaban J connectivity index is 0.000000497. The van der Waals surface area contributed by atoms with Crippen LogP contribution in [0.2, 0.25) is 42.3 Å². The molecule has 4 aromatic heterocycles. The fourth-order valence-electron chi connectivity index (χ4n) is 5.32. The largest absolute Gasteiger partial charge is 0.320 e. The van der Waals surface area contributed by atoms with Gasteiger partial charge in [-0.3, -0.25) is 0 Å². The number of nitrogens with one attached hydrogen (secondary N) is 2. The van der Waals surface area contributed by atoms with Crippen molar-refractivity contribution in [3.63, 3.8) is 0 Å². The molecule has 4 aromatic rings. The molecule has 0 atom stereocenters. The van der Waals surface area contributed by atoms with Crippen molar-refractivity contribution in [1.29, 1.82) is 0 Å². The number of rotatable bonds is 21. The van der Waals surface area contributed by atoms with Gasteiger partial charge in [-0.15, -0.1) is 0 Å². The molecule has 0 saturated carbocycles. The Morgan fingerprint density at radius 3 is 0.734 bits per heavy atom. The molecule has 0 saturated heterocycles. The molecule has 0 aromatic carbocycles. The highest BCUT2D eigenvalue weighted by Gasteiger charge is 2.27. The van der Waals surface area contributed by atoms with E-state index >= 15 is 0 Å². The first-order valence-corrected chi connectivity index (χ1v) is 23.8. The van der Waals surface area contributed by atoms with Crippen LogP contribution in [0.4, 0.5) is 23.8 Å². The van der Waals surface area contributed by atoms with E-state index in [4.69, 9.17) is 97.8 Å². The van der Waals surface area contributed by atoms with Gasteiger partial charge in [0.25, 0.3) is 0 Å². The molecule has 0 fully saturated rings. The Morgan fingerprint density at radius 2 is 0.516 bits per heavy atom. The van der Waals surface area contributed by atoms with Gasteiger partial charge in [-0.1, -0.05) is 40.5 Å². The van der Waals surface area contributed by atoms with Crippen molar-refractivity contribution >= 4 is 117 Å². The van der Waals surface area contributed by atoms with E-state index < -0.39 is 0 Å². The van der Waals surface area contributed by atoms with E-state index in [0.717, 1.165) is 0 Å². The molecule has 2 N–H and O–H groups in total. The summed E-state index contributed by atoms with van der Waals surface area (Å²) in [6.07, 6.45) is 5.36. The van der Waals surface area contributed by atoms with Gasteiger partial charge in [-0.05, 0) is 174 Å². The first kappa shape index (κ1) is 57.6. The molecule has 4 heterocycles. The smallest absolute Gasteiger partial charge is 0.233 e. The molecule has 0 aliphatic carbocycles. The Labute approximate surface area is 417 Å². The highest BCUT2D eigenvalue weighted by molar-refractivity contribution is 6.33. The summed E-state index contributed by atoms with van der Waals surface area (Å²) in [6.45, 7) is 27.8. The van der Waals surface area contributed by atoms with Crippen LogP contribution < -0.4 is 30.2 Å². The lowest BCUT2D eigenvalue weighted by Gasteiger charge is -2.37. The van der Waals surface area contributed by atoms with Crippen LogP contribution in [0.5, 0.6) is 0 Å². The van der Waals surface area contributed by atoms with E-state index in [1.807, 2.05) is 75.0 Å². The van der Waals surface area contributed by atoms with Gasteiger partial charge in [0.2, 0.25) is 66.1 Å². The average Bonchev–Trinajstić information content (AvgIpc) is 3.14. The molecular formula is C38H60Cl8N18. The molecule has 0 spiro atoms. The molecule has 0 aliphatic heterocycles. The third kappa shape index (κ3) is 21.9. The van der Waals surface area contributed by atoms with Crippen molar-refractivity contribution in [3.05, 3.63) is 42.3 Å². The summed E-state index contributed by atoms with van der Waals surface area (Å²) >= 11 is 46.7. The summed E-state index contributed by atoms with van der Waals surface area (Å²) < 4.78 is 0. The first-order chi connectivity index (χ1) is 30.0. The fourth-order valence-corrected chi connectivity index (χ4v) is 6.79. The Hall–Kier alpha value is -2.52. The zero-order valence-corrected chi connectivity index (χ0v) is 44.3. The van der Waals surface area contributed by atoms with E-state index in [2.05, 4.69) is 93.2 Å². The molecular weight excluding hydrogens is 992 g/mol. The molecule has 0 amide bonds. The maximum atomic E-state index is 6.48. The van der Waals surface area contributed by atoms with Crippen molar-refractivity contribution < 1.29 is 0 Å². The predicted octanol–water partition coefficient (Wildman–Crippen LogP) is 10.1. The average molecular weight is 1050 g/mol. The number of unbranched alkanes of at least 4 members (excludes halogenated alkanes) is 3. The molecule has 18 nitrogen and oxygen atoms in total. The number of nitrogens with zero attached hydrogens (tertiary/aromatic N) is 16. The summed E-state index contributed by atoms with van der Waals surface area (Å²) in [4.78, 5) is 56.6. The number of hydrogen-bond acceptors (Lipinski definition) is 18. The van der Waals surface area contributed by atoms with Gasteiger partial charge in [0, 0.05) is 36.3 Å². The lowest BCUT2D eigenvalue weighted by molar-refractivity contribution is 0.518. The van der Waals surface area contributed by atoms with Gasteiger partial charge in [-0.25, -0.2) is 0 Å². The first-order valence-electron chi connectivity index (χ1n) is 20.8. The van der Waals surface area contributed by atoms with Crippen LogP contribution >= 0.6 is 92.8 Å². The number of hydrogen-bond donors (Lipinski definition) is 2. The van der Waals surface area contributed by atoms with E-state index in [0.29, 0.717) is 49.2 Å². The Kier molecular flexibility index (Phi) is 26.4. The van der Waals surface area contributed by atoms with Crippen LogP contribution in [0.25, 0.3) is 0 Å². The van der Waals surface area contributed by atoms with E-state index in [1.165, 1.54) is 38.8 Å². The lowest BCUT2D eigenvalue weighted by atomic mass is 10.2. The molecule has 4 rings (SSSR count). The van der Waals surface area contributed by atoms with Crippen molar-refractivity contribution in [2.45, 2.75) is 145 Å². The van der Waals surface area contributed by atoms with Crippen LogP contribution in [0.1, 0.15) is 109 Å². The van der Waals surface area contributed by atoms with Crippen molar-refractivity contribution in [1.82, 2.24) is 70.4 Å². The van der Waals surface area contributed by atoms with Gasteiger partial charge >= 0.3 is 0 Å². The van der Waals surface area contributed by atoms with Crippen molar-refractivity contribution in [3.8, 4) is 0 Å². The summed E-state index contributed by atoms with van der Waals surface area (Å²) in [5, 5.41) is 6.89. The van der Waals surface area contributed by atoms with Crippen LogP contribution in [0.15, 0.2) is 0 Å². The highest BCUT2D eigenvalue weighted by atomic mass is 35.5. The second-order valence-corrected chi connectivity index (χ2v) is 18.6. The Bertz CT molecular complexity index is 1780. The van der Waals surface area contributed by atoms with Gasteiger partial charge in [0.15, 0.2) is 0 Å². The van der Waals surface area contributed by atoms with Gasteiger partial charge in [0.1, 0.15) is 0 Å². The zero-order chi connectivity index (χ0) is 48.3. The van der Waals surface area contributed by atoms with Crippen LogP contribution in [-0.4, -0.2) is 122 Å². The number of halogens is 8. The summed E-state index contributed by atoms with van der Waals surface area (Å²) in [6, 6.07) is 1.10. The van der Waals surface area contributed by atoms with Crippen LogP contribution in [0.3, 0.4) is 0 Å². The second kappa shape index (κ2) is 29.3. The minimum Gasteiger partial charge on any atom is -0.320 e. The number of aromatic nitrogens is 12. The molecule has 0 aliphatic rings. The third-order valence-corrected chi connectivity index (χ3v) is 9.97. The topological polar surface area (TPSA) is 192 Å². The van der Waals surface area contributed by atoms with Gasteiger partial charge in [-0.2, -0.15) is 59.8 Å².